The summed E-state index contributed by atoms with van der Waals surface area (Å²) in [7, 11) is 0. The fourth-order valence-electron chi connectivity index (χ4n) is 1.54. The second-order valence-corrected chi connectivity index (χ2v) is 4.54. The minimum absolute atomic E-state index is 0.192. The average molecular weight is 298 g/mol. The lowest BCUT2D eigenvalue weighted by Crippen LogP contribution is -2.16. The molecule has 0 unspecified atom stereocenters. The Hall–Kier alpha value is -1.13. The van der Waals surface area contributed by atoms with Crippen LogP contribution in [-0.4, -0.2) is 6.54 Å². The van der Waals surface area contributed by atoms with Crippen molar-refractivity contribution in [2.75, 3.05) is 6.54 Å². The molecule has 2 nitrogen and oxygen atoms in total. The van der Waals surface area contributed by atoms with E-state index in [1.54, 1.807) is 12.1 Å². The minimum atomic E-state index is -0.192. The summed E-state index contributed by atoms with van der Waals surface area (Å²) >= 11 is 3.25. The van der Waals surface area contributed by atoms with Crippen molar-refractivity contribution in [1.82, 2.24) is 5.32 Å². The Balaban J connectivity index is 1.71. The minimum Gasteiger partial charge on any atom is -0.453 e. The summed E-state index contributed by atoms with van der Waals surface area (Å²) in [6.07, 6.45) is 0.877. The molecule has 1 N–H and O–H groups in total. The molecule has 1 aromatic heterocycles. The Morgan fingerprint density at radius 3 is 2.53 bits per heavy atom. The monoisotopic (exact) mass is 297 g/mol. The first-order valence-corrected chi connectivity index (χ1v) is 6.23. The first-order valence-electron chi connectivity index (χ1n) is 5.43. The first kappa shape index (κ1) is 12.3. The van der Waals surface area contributed by atoms with E-state index >= 15 is 0 Å². The lowest BCUT2D eigenvalue weighted by Gasteiger charge is -2.03. The highest BCUT2D eigenvalue weighted by Crippen LogP contribution is 2.13. The van der Waals surface area contributed by atoms with E-state index in [1.165, 1.54) is 12.1 Å². The number of rotatable bonds is 5. The fraction of sp³-hybridized carbons (Fsp3) is 0.231. The van der Waals surface area contributed by atoms with Crippen LogP contribution in [0.1, 0.15) is 11.3 Å². The lowest BCUT2D eigenvalue weighted by atomic mass is 10.1. The van der Waals surface area contributed by atoms with Gasteiger partial charge in [-0.3, -0.25) is 0 Å². The van der Waals surface area contributed by atoms with Gasteiger partial charge in [-0.1, -0.05) is 12.1 Å². The average Bonchev–Trinajstić information content (AvgIpc) is 2.73. The lowest BCUT2D eigenvalue weighted by molar-refractivity contribution is 0.466. The normalized spacial score (nSPS) is 10.7. The maximum absolute atomic E-state index is 12.7. The standard InChI is InChI=1S/C13H13BrFNO/c14-13-6-5-12(17-13)9-16-8-7-10-1-3-11(15)4-2-10/h1-6,16H,7-9H2. The van der Waals surface area contributed by atoms with Crippen LogP contribution in [0.15, 0.2) is 45.5 Å². The van der Waals surface area contributed by atoms with E-state index in [9.17, 15) is 4.39 Å². The zero-order valence-corrected chi connectivity index (χ0v) is 10.8. The van der Waals surface area contributed by atoms with Gasteiger partial charge in [-0.25, -0.2) is 4.39 Å². The molecule has 0 saturated carbocycles. The molecule has 0 aliphatic carbocycles. The first-order chi connectivity index (χ1) is 8.24. The highest BCUT2D eigenvalue weighted by Gasteiger charge is 1.99. The van der Waals surface area contributed by atoms with Gasteiger partial charge in [0.15, 0.2) is 4.67 Å². The molecule has 0 amide bonds. The molecule has 17 heavy (non-hydrogen) atoms. The largest absolute Gasteiger partial charge is 0.453 e. The zero-order chi connectivity index (χ0) is 12.1. The number of halogens is 2. The van der Waals surface area contributed by atoms with Crippen molar-refractivity contribution in [3.05, 3.63) is 58.2 Å². The highest BCUT2D eigenvalue weighted by molar-refractivity contribution is 9.10. The Morgan fingerprint density at radius 2 is 1.88 bits per heavy atom. The Labute approximate surface area is 108 Å². The highest BCUT2D eigenvalue weighted by atomic mass is 79.9. The Morgan fingerprint density at radius 1 is 1.12 bits per heavy atom. The Kier molecular flexibility index (Phi) is 4.34. The SMILES string of the molecule is Fc1ccc(CCNCc2ccc(Br)o2)cc1. The van der Waals surface area contributed by atoms with Gasteiger partial charge >= 0.3 is 0 Å². The van der Waals surface area contributed by atoms with Gasteiger partial charge in [-0.05, 0) is 58.7 Å². The number of hydrogen-bond donors (Lipinski definition) is 1. The van der Waals surface area contributed by atoms with Gasteiger partial charge in [0.2, 0.25) is 0 Å². The smallest absolute Gasteiger partial charge is 0.169 e. The molecule has 0 radical (unpaired) electrons. The zero-order valence-electron chi connectivity index (χ0n) is 9.25. The molecule has 0 fully saturated rings. The van der Waals surface area contributed by atoms with E-state index in [4.69, 9.17) is 4.42 Å². The number of hydrogen-bond acceptors (Lipinski definition) is 2. The molecular formula is C13H13BrFNO. The molecule has 90 valence electrons. The van der Waals surface area contributed by atoms with Crippen molar-refractivity contribution in [2.45, 2.75) is 13.0 Å². The van der Waals surface area contributed by atoms with Crippen molar-refractivity contribution in [3.63, 3.8) is 0 Å². The maximum atomic E-state index is 12.7. The van der Waals surface area contributed by atoms with Crippen molar-refractivity contribution in [3.8, 4) is 0 Å². The van der Waals surface area contributed by atoms with Gasteiger partial charge in [0.1, 0.15) is 11.6 Å². The molecule has 0 atom stereocenters. The summed E-state index contributed by atoms with van der Waals surface area (Å²) in [6, 6.07) is 10.4. The van der Waals surface area contributed by atoms with Gasteiger partial charge in [0.25, 0.3) is 0 Å². The van der Waals surface area contributed by atoms with Crippen LogP contribution in [0.5, 0.6) is 0 Å². The van der Waals surface area contributed by atoms with E-state index in [0.717, 1.165) is 29.0 Å². The Bertz CT molecular complexity index is 467. The van der Waals surface area contributed by atoms with Crippen LogP contribution in [0.2, 0.25) is 0 Å². The molecule has 0 saturated heterocycles. The predicted molar refractivity (Wildman–Crippen MR) is 68.2 cm³/mol. The van der Waals surface area contributed by atoms with Crippen LogP contribution in [0.3, 0.4) is 0 Å². The van der Waals surface area contributed by atoms with Gasteiger partial charge in [-0.15, -0.1) is 0 Å². The predicted octanol–water partition coefficient (Wildman–Crippen LogP) is 3.51. The molecule has 0 aliphatic rings. The molecular weight excluding hydrogens is 285 g/mol. The second-order valence-electron chi connectivity index (χ2n) is 3.76. The third kappa shape index (κ3) is 3.98. The van der Waals surface area contributed by atoms with Crippen LogP contribution in [-0.2, 0) is 13.0 Å². The molecule has 4 heteroatoms. The molecule has 1 aromatic carbocycles. The molecule has 0 spiro atoms. The fourth-order valence-corrected chi connectivity index (χ4v) is 1.88. The van der Waals surface area contributed by atoms with Crippen molar-refractivity contribution in [1.29, 1.82) is 0 Å². The quantitative estimate of drug-likeness (QED) is 0.855. The van der Waals surface area contributed by atoms with Crippen molar-refractivity contribution >= 4 is 15.9 Å². The van der Waals surface area contributed by atoms with E-state index in [0.29, 0.717) is 6.54 Å². The topological polar surface area (TPSA) is 25.2 Å². The van der Waals surface area contributed by atoms with E-state index in [2.05, 4.69) is 21.2 Å². The third-order valence-electron chi connectivity index (χ3n) is 2.43. The van der Waals surface area contributed by atoms with Gasteiger partial charge < -0.3 is 9.73 Å². The van der Waals surface area contributed by atoms with Crippen molar-refractivity contribution in [2.24, 2.45) is 0 Å². The van der Waals surface area contributed by atoms with Crippen LogP contribution in [0.25, 0.3) is 0 Å². The van der Waals surface area contributed by atoms with Gasteiger partial charge in [0.05, 0.1) is 6.54 Å². The van der Waals surface area contributed by atoms with E-state index < -0.39 is 0 Å². The molecule has 1 heterocycles. The van der Waals surface area contributed by atoms with E-state index in [-0.39, 0.29) is 5.82 Å². The number of nitrogens with one attached hydrogen (secondary N) is 1. The summed E-state index contributed by atoms with van der Waals surface area (Å²) in [4.78, 5) is 0. The molecule has 2 aromatic rings. The molecule has 0 aliphatic heterocycles. The maximum Gasteiger partial charge on any atom is 0.169 e. The summed E-state index contributed by atoms with van der Waals surface area (Å²) in [6.45, 7) is 1.54. The summed E-state index contributed by atoms with van der Waals surface area (Å²) < 4.78 is 18.8. The summed E-state index contributed by atoms with van der Waals surface area (Å²) in [5.41, 5.74) is 1.12. The molecule has 0 bridgehead atoms. The third-order valence-corrected chi connectivity index (χ3v) is 2.86. The number of furan rings is 1. The van der Waals surface area contributed by atoms with Crippen LogP contribution in [0, 0.1) is 5.82 Å². The molecule has 2 rings (SSSR count). The second kappa shape index (κ2) is 5.98. The summed E-state index contributed by atoms with van der Waals surface area (Å²) in [5.74, 6) is 0.707. The number of benzene rings is 1. The van der Waals surface area contributed by atoms with Gasteiger partial charge in [-0.2, -0.15) is 0 Å². The van der Waals surface area contributed by atoms with Gasteiger partial charge in [0, 0.05) is 0 Å². The van der Waals surface area contributed by atoms with E-state index in [1.807, 2.05) is 12.1 Å². The van der Waals surface area contributed by atoms with Crippen LogP contribution < -0.4 is 5.32 Å². The van der Waals surface area contributed by atoms with Crippen molar-refractivity contribution < 1.29 is 8.81 Å². The van der Waals surface area contributed by atoms with Crippen LogP contribution in [0.4, 0.5) is 4.39 Å². The summed E-state index contributed by atoms with van der Waals surface area (Å²) in [5, 5.41) is 3.27. The van der Waals surface area contributed by atoms with Crippen LogP contribution >= 0.6 is 15.9 Å².